The van der Waals surface area contributed by atoms with Gasteiger partial charge >= 0.3 is 0 Å². The van der Waals surface area contributed by atoms with Gasteiger partial charge in [0.1, 0.15) is 0 Å². The van der Waals surface area contributed by atoms with Crippen molar-refractivity contribution >= 4 is 23.4 Å². The van der Waals surface area contributed by atoms with Gasteiger partial charge in [-0.05, 0) is 37.0 Å². The maximum absolute atomic E-state index is 6.17. The van der Waals surface area contributed by atoms with Gasteiger partial charge in [-0.2, -0.15) is 11.8 Å². The normalized spacial score (nSPS) is 18.5. The molecule has 0 aliphatic heterocycles. The minimum atomic E-state index is 0.266. The summed E-state index contributed by atoms with van der Waals surface area (Å²) in [6.07, 6.45) is 6.54. The van der Waals surface area contributed by atoms with Crippen molar-refractivity contribution in [3.63, 3.8) is 0 Å². The van der Waals surface area contributed by atoms with Crippen LogP contribution in [0.5, 0.6) is 0 Å². The monoisotopic (exact) mass is 269 g/mol. The number of halogens is 1. The average molecular weight is 270 g/mol. The standard InChI is InChI=1S/C14H20ClNS/c15-12-7-5-11(6-8-12)9-13(16)10-17-14-3-1-2-4-14/h5-8,13-14H,1-4,9-10,16H2. The molecule has 0 heterocycles. The summed E-state index contributed by atoms with van der Waals surface area (Å²) in [6, 6.07) is 8.29. The Morgan fingerprint density at radius 2 is 1.88 bits per heavy atom. The molecule has 1 unspecified atom stereocenters. The van der Waals surface area contributed by atoms with Crippen molar-refractivity contribution in [1.82, 2.24) is 0 Å². The predicted octanol–water partition coefficient (Wildman–Crippen LogP) is 3.89. The molecule has 1 aromatic rings. The number of benzene rings is 1. The molecule has 94 valence electrons. The highest BCUT2D eigenvalue weighted by Gasteiger charge is 2.16. The lowest BCUT2D eigenvalue weighted by Crippen LogP contribution is -2.26. The van der Waals surface area contributed by atoms with Crippen molar-refractivity contribution in [3.8, 4) is 0 Å². The van der Waals surface area contributed by atoms with Crippen LogP contribution in [0.1, 0.15) is 31.2 Å². The Morgan fingerprint density at radius 3 is 2.53 bits per heavy atom. The van der Waals surface area contributed by atoms with Gasteiger partial charge in [0.05, 0.1) is 0 Å². The first-order valence-corrected chi connectivity index (χ1v) is 7.78. The largest absolute Gasteiger partial charge is 0.327 e. The van der Waals surface area contributed by atoms with Gasteiger partial charge in [0, 0.05) is 22.1 Å². The highest BCUT2D eigenvalue weighted by atomic mass is 35.5. The predicted molar refractivity (Wildman–Crippen MR) is 77.8 cm³/mol. The first-order chi connectivity index (χ1) is 8.24. The van der Waals surface area contributed by atoms with Crippen molar-refractivity contribution in [2.24, 2.45) is 5.73 Å². The molecule has 1 aliphatic rings. The summed E-state index contributed by atoms with van der Waals surface area (Å²) in [6.45, 7) is 0. The maximum Gasteiger partial charge on any atom is 0.0406 e. The van der Waals surface area contributed by atoms with Crippen LogP contribution < -0.4 is 5.73 Å². The number of thioether (sulfide) groups is 1. The molecule has 17 heavy (non-hydrogen) atoms. The summed E-state index contributed by atoms with van der Waals surface area (Å²) < 4.78 is 0. The van der Waals surface area contributed by atoms with Gasteiger partial charge in [0.15, 0.2) is 0 Å². The van der Waals surface area contributed by atoms with Gasteiger partial charge in [-0.15, -0.1) is 0 Å². The molecule has 0 radical (unpaired) electrons. The van der Waals surface area contributed by atoms with E-state index in [0.29, 0.717) is 0 Å². The van der Waals surface area contributed by atoms with Crippen molar-refractivity contribution in [1.29, 1.82) is 0 Å². The second-order valence-electron chi connectivity index (χ2n) is 4.83. The van der Waals surface area contributed by atoms with Crippen LogP contribution in [0.25, 0.3) is 0 Å². The van der Waals surface area contributed by atoms with Crippen LogP contribution in [0.3, 0.4) is 0 Å². The molecule has 1 aliphatic carbocycles. The molecule has 2 N–H and O–H groups in total. The molecule has 1 fully saturated rings. The van der Waals surface area contributed by atoms with Crippen molar-refractivity contribution < 1.29 is 0 Å². The lowest BCUT2D eigenvalue weighted by molar-refractivity contribution is 0.744. The SMILES string of the molecule is NC(CSC1CCCC1)Cc1ccc(Cl)cc1. The van der Waals surface area contributed by atoms with E-state index in [1.165, 1.54) is 31.2 Å². The Hall–Kier alpha value is -0.180. The van der Waals surface area contributed by atoms with E-state index in [1.807, 2.05) is 12.1 Å². The Bertz CT molecular complexity index is 333. The second-order valence-corrected chi connectivity index (χ2v) is 6.60. The van der Waals surface area contributed by atoms with Crippen molar-refractivity contribution in [2.75, 3.05) is 5.75 Å². The van der Waals surface area contributed by atoms with E-state index in [0.717, 1.165) is 22.4 Å². The molecule has 2 rings (SSSR count). The summed E-state index contributed by atoms with van der Waals surface area (Å²) in [5.41, 5.74) is 7.45. The van der Waals surface area contributed by atoms with Crippen LogP contribution in [0.15, 0.2) is 24.3 Å². The molecule has 1 saturated carbocycles. The summed E-state index contributed by atoms with van der Waals surface area (Å²) in [5.74, 6) is 1.08. The zero-order chi connectivity index (χ0) is 12.1. The fourth-order valence-corrected chi connectivity index (χ4v) is 3.73. The van der Waals surface area contributed by atoms with E-state index >= 15 is 0 Å². The van der Waals surface area contributed by atoms with Crippen molar-refractivity contribution in [2.45, 2.75) is 43.4 Å². The maximum atomic E-state index is 6.17. The van der Waals surface area contributed by atoms with Crippen LogP contribution >= 0.6 is 23.4 Å². The van der Waals surface area contributed by atoms with Gasteiger partial charge in [0.25, 0.3) is 0 Å². The van der Waals surface area contributed by atoms with E-state index in [-0.39, 0.29) is 6.04 Å². The molecule has 0 bridgehead atoms. The summed E-state index contributed by atoms with van der Waals surface area (Å²) in [5, 5.41) is 1.66. The van der Waals surface area contributed by atoms with Gasteiger partial charge in [-0.1, -0.05) is 36.6 Å². The molecule has 1 atom stereocenters. The molecule has 0 spiro atoms. The van der Waals surface area contributed by atoms with E-state index in [4.69, 9.17) is 17.3 Å². The van der Waals surface area contributed by atoms with Gasteiger partial charge in [0.2, 0.25) is 0 Å². The number of nitrogens with two attached hydrogens (primary N) is 1. The lowest BCUT2D eigenvalue weighted by Gasteiger charge is -2.14. The molecule has 0 saturated heterocycles. The first kappa shape index (κ1) is 13.3. The Kier molecular flexibility index (Phi) is 5.20. The molecular formula is C14H20ClNS. The van der Waals surface area contributed by atoms with Gasteiger partial charge < -0.3 is 5.73 Å². The Morgan fingerprint density at radius 1 is 1.24 bits per heavy atom. The fraction of sp³-hybridized carbons (Fsp3) is 0.571. The molecule has 1 aromatic carbocycles. The van der Waals surface area contributed by atoms with E-state index in [1.54, 1.807) is 0 Å². The third-order valence-electron chi connectivity index (χ3n) is 3.26. The van der Waals surface area contributed by atoms with Crippen molar-refractivity contribution in [3.05, 3.63) is 34.9 Å². The highest BCUT2D eigenvalue weighted by molar-refractivity contribution is 7.99. The molecule has 1 nitrogen and oxygen atoms in total. The third kappa shape index (κ3) is 4.53. The van der Waals surface area contributed by atoms with Crippen LogP contribution in [0.4, 0.5) is 0 Å². The van der Waals surface area contributed by atoms with E-state index < -0.39 is 0 Å². The molecular weight excluding hydrogens is 250 g/mol. The second kappa shape index (κ2) is 6.67. The third-order valence-corrected chi connectivity index (χ3v) is 5.07. The zero-order valence-electron chi connectivity index (χ0n) is 10.1. The Labute approximate surface area is 113 Å². The number of hydrogen-bond donors (Lipinski definition) is 1. The fourth-order valence-electron chi connectivity index (χ4n) is 2.30. The summed E-state index contributed by atoms with van der Waals surface area (Å²) in [4.78, 5) is 0. The molecule has 3 heteroatoms. The molecule has 0 aromatic heterocycles. The highest BCUT2D eigenvalue weighted by Crippen LogP contribution is 2.29. The minimum absolute atomic E-state index is 0.266. The van der Waals surface area contributed by atoms with Crippen LogP contribution in [-0.2, 0) is 6.42 Å². The minimum Gasteiger partial charge on any atom is -0.327 e. The topological polar surface area (TPSA) is 26.0 Å². The van der Waals surface area contributed by atoms with E-state index in [2.05, 4.69) is 23.9 Å². The Balaban J connectivity index is 1.72. The zero-order valence-corrected chi connectivity index (χ0v) is 11.6. The van der Waals surface area contributed by atoms with Crippen LogP contribution in [-0.4, -0.2) is 17.0 Å². The van der Waals surface area contributed by atoms with Crippen LogP contribution in [0.2, 0.25) is 5.02 Å². The lowest BCUT2D eigenvalue weighted by atomic mass is 10.1. The smallest absolute Gasteiger partial charge is 0.0406 e. The average Bonchev–Trinajstić information content (AvgIpc) is 2.83. The summed E-state index contributed by atoms with van der Waals surface area (Å²) >= 11 is 7.92. The quantitative estimate of drug-likeness (QED) is 0.878. The van der Waals surface area contributed by atoms with Gasteiger partial charge in [-0.25, -0.2) is 0 Å². The number of rotatable bonds is 5. The van der Waals surface area contributed by atoms with Gasteiger partial charge in [-0.3, -0.25) is 0 Å². The van der Waals surface area contributed by atoms with Crippen LogP contribution in [0, 0.1) is 0 Å². The first-order valence-electron chi connectivity index (χ1n) is 6.35. The number of hydrogen-bond acceptors (Lipinski definition) is 2. The molecule has 0 amide bonds. The summed E-state index contributed by atoms with van der Waals surface area (Å²) in [7, 11) is 0. The van der Waals surface area contributed by atoms with E-state index in [9.17, 15) is 0 Å².